The van der Waals surface area contributed by atoms with Gasteiger partial charge in [0.1, 0.15) is 0 Å². The Hall–Kier alpha value is -8.24. The lowest BCUT2D eigenvalue weighted by atomic mass is 9.81. The summed E-state index contributed by atoms with van der Waals surface area (Å²) < 4.78 is 2.63. The molecule has 0 bridgehead atoms. The van der Waals surface area contributed by atoms with Crippen molar-refractivity contribution in [2.75, 3.05) is 9.80 Å². The van der Waals surface area contributed by atoms with E-state index in [1.165, 1.54) is 86.2 Å². The molecule has 1 aliphatic carbocycles. The summed E-state index contributed by atoms with van der Waals surface area (Å²) in [7, 11) is 0. The van der Waals surface area contributed by atoms with Crippen LogP contribution >= 0.6 is 11.3 Å². The van der Waals surface area contributed by atoms with Crippen LogP contribution in [-0.2, 0) is 5.41 Å². The summed E-state index contributed by atoms with van der Waals surface area (Å²) in [6.45, 7) is 4.77. The zero-order chi connectivity index (χ0) is 45.3. The van der Waals surface area contributed by atoms with E-state index in [1.54, 1.807) is 0 Å². The summed E-state index contributed by atoms with van der Waals surface area (Å²) in [6, 6.07) is 89.0. The number of hydrogen-bond donors (Lipinski definition) is 0. The van der Waals surface area contributed by atoms with Crippen LogP contribution in [0.15, 0.2) is 243 Å². The smallest absolute Gasteiger partial charge is 0.0540 e. The lowest BCUT2D eigenvalue weighted by molar-refractivity contribution is 0.660. The van der Waals surface area contributed by atoms with Gasteiger partial charge in [0, 0.05) is 65.0 Å². The predicted molar refractivity (Wildman–Crippen MR) is 292 cm³/mol. The highest BCUT2D eigenvalue weighted by Crippen LogP contribution is 2.53. The van der Waals surface area contributed by atoms with Crippen LogP contribution in [0, 0.1) is 0 Å². The van der Waals surface area contributed by atoms with Gasteiger partial charge in [0.15, 0.2) is 0 Å². The molecule has 1 aliphatic rings. The Morgan fingerprint density at radius 1 is 0.324 bits per heavy atom. The van der Waals surface area contributed by atoms with Crippen LogP contribution in [0.2, 0.25) is 0 Å². The molecule has 322 valence electrons. The molecule has 0 saturated carbocycles. The fraction of sp³-hybridized carbons (Fsp3) is 0.0462. The number of thiophene rings is 1. The first-order valence-corrected chi connectivity index (χ1v) is 24.3. The van der Waals surface area contributed by atoms with Gasteiger partial charge in [0.05, 0.1) is 5.69 Å². The van der Waals surface area contributed by atoms with Crippen molar-refractivity contribution >= 4 is 87.2 Å². The Bertz CT molecular complexity index is 3840. The first-order chi connectivity index (χ1) is 33.5. The number of nitrogens with zero attached hydrogens (tertiary/aromatic N) is 2. The average molecular weight is 887 g/mol. The molecular weight excluding hydrogens is 841 g/mol. The van der Waals surface area contributed by atoms with E-state index in [0.717, 1.165) is 34.1 Å². The number of anilines is 6. The lowest BCUT2D eigenvalue weighted by Gasteiger charge is -2.28. The zero-order valence-electron chi connectivity index (χ0n) is 37.9. The Morgan fingerprint density at radius 2 is 0.838 bits per heavy atom. The van der Waals surface area contributed by atoms with Crippen molar-refractivity contribution in [3.05, 3.63) is 254 Å². The second-order valence-electron chi connectivity index (χ2n) is 18.5. The first-order valence-electron chi connectivity index (χ1n) is 23.5. The van der Waals surface area contributed by atoms with Crippen molar-refractivity contribution in [2.45, 2.75) is 19.3 Å². The van der Waals surface area contributed by atoms with Crippen molar-refractivity contribution in [3.63, 3.8) is 0 Å². The molecule has 13 rings (SSSR count). The van der Waals surface area contributed by atoms with E-state index in [-0.39, 0.29) is 5.41 Å². The summed E-state index contributed by atoms with van der Waals surface area (Å²) in [6.07, 6.45) is 0. The minimum absolute atomic E-state index is 0.187. The third-order valence-corrected chi connectivity index (χ3v) is 15.4. The van der Waals surface area contributed by atoms with Gasteiger partial charge in [-0.15, -0.1) is 11.3 Å². The topological polar surface area (TPSA) is 6.48 Å². The number of rotatable bonds is 8. The molecule has 2 nitrogen and oxygen atoms in total. The third-order valence-electron chi connectivity index (χ3n) is 14.2. The maximum atomic E-state index is 2.45. The fourth-order valence-corrected chi connectivity index (χ4v) is 12.2. The minimum atomic E-state index is -0.187. The molecule has 0 amide bonds. The van der Waals surface area contributed by atoms with Crippen molar-refractivity contribution in [1.82, 2.24) is 0 Å². The van der Waals surface area contributed by atoms with Crippen LogP contribution in [-0.4, -0.2) is 0 Å². The quantitative estimate of drug-likeness (QED) is 0.140. The van der Waals surface area contributed by atoms with Gasteiger partial charge in [-0.05, 0) is 134 Å². The van der Waals surface area contributed by atoms with Crippen LogP contribution in [0.3, 0.4) is 0 Å². The highest BCUT2D eigenvalue weighted by Gasteiger charge is 2.36. The summed E-state index contributed by atoms with van der Waals surface area (Å²) in [5, 5.41) is 7.74. The second kappa shape index (κ2) is 16.0. The summed E-state index contributed by atoms with van der Waals surface area (Å²) in [5.41, 5.74) is 16.9. The van der Waals surface area contributed by atoms with E-state index in [4.69, 9.17) is 0 Å². The van der Waals surface area contributed by atoms with E-state index in [9.17, 15) is 0 Å². The molecule has 0 spiro atoms. The van der Waals surface area contributed by atoms with E-state index in [2.05, 4.69) is 266 Å². The molecule has 68 heavy (non-hydrogen) atoms. The van der Waals surface area contributed by atoms with Gasteiger partial charge in [-0.2, -0.15) is 0 Å². The van der Waals surface area contributed by atoms with E-state index < -0.39 is 0 Å². The molecule has 3 heteroatoms. The van der Waals surface area contributed by atoms with Crippen molar-refractivity contribution in [3.8, 4) is 33.4 Å². The van der Waals surface area contributed by atoms with Gasteiger partial charge in [-0.3, -0.25) is 0 Å². The molecule has 0 N–H and O–H groups in total. The molecule has 0 radical (unpaired) electrons. The summed E-state index contributed by atoms with van der Waals surface area (Å²) >= 11 is 1.92. The van der Waals surface area contributed by atoms with Crippen molar-refractivity contribution < 1.29 is 0 Å². The van der Waals surface area contributed by atoms with Gasteiger partial charge < -0.3 is 9.80 Å². The van der Waals surface area contributed by atoms with E-state index >= 15 is 0 Å². The van der Waals surface area contributed by atoms with E-state index in [0.29, 0.717) is 0 Å². The second-order valence-corrected chi connectivity index (χ2v) is 19.5. The van der Waals surface area contributed by atoms with E-state index in [1.807, 2.05) is 11.3 Å². The summed E-state index contributed by atoms with van der Waals surface area (Å²) in [5.74, 6) is 0. The molecule has 0 atom stereocenters. The number of fused-ring (bicyclic) bond motifs is 11. The normalized spacial score (nSPS) is 12.7. The van der Waals surface area contributed by atoms with Gasteiger partial charge in [0.2, 0.25) is 0 Å². The molecule has 0 aliphatic heterocycles. The summed E-state index contributed by atoms with van der Waals surface area (Å²) in [4.78, 5) is 4.78. The molecular formula is C65H46N2S. The number of para-hydroxylation sites is 4. The molecule has 1 heterocycles. The average Bonchev–Trinajstić information content (AvgIpc) is 3.89. The van der Waals surface area contributed by atoms with Crippen LogP contribution in [0.25, 0.3) is 75.1 Å². The predicted octanol–water partition coefficient (Wildman–Crippen LogP) is 18.9. The number of benzene rings is 11. The zero-order valence-corrected chi connectivity index (χ0v) is 38.7. The lowest BCUT2D eigenvalue weighted by Crippen LogP contribution is -2.16. The first kappa shape index (κ1) is 40.1. The highest BCUT2D eigenvalue weighted by atomic mass is 32.1. The molecule has 0 fully saturated rings. The van der Waals surface area contributed by atoms with Crippen LogP contribution in [0.4, 0.5) is 34.1 Å². The minimum Gasteiger partial charge on any atom is -0.310 e. The maximum absolute atomic E-state index is 2.45. The molecule has 12 aromatic rings. The Kier molecular flexibility index (Phi) is 9.42. The van der Waals surface area contributed by atoms with Crippen molar-refractivity contribution in [1.29, 1.82) is 0 Å². The van der Waals surface area contributed by atoms with Crippen LogP contribution in [0.5, 0.6) is 0 Å². The monoisotopic (exact) mass is 886 g/mol. The number of hydrogen-bond acceptors (Lipinski definition) is 3. The van der Waals surface area contributed by atoms with Gasteiger partial charge in [-0.25, -0.2) is 0 Å². The SMILES string of the molecule is CC1(C)c2cc(-c3ccc4c(c3)sc3c5ccc(N(c6ccccc6)c6ccccc6-c6ccccc6)cc5c5ccccc5c43)ccc2-c2ccc(N(c3ccccc3)c3ccccc3)cc21. The Balaban J connectivity index is 0.911. The van der Waals surface area contributed by atoms with Crippen LogP contribution < -0.4 is 9.80 Å². The maximum Gasteiger partial charge on any atom is 0.0540 e. The molecule has 0 saturated heterocycles. The molecule has 1 aromatic heterocycles. The van der Waals surface area contributed by atoms with Gasteiger partial charge >= 0.3 is 0 Å². The van der Waals surface area contributed by atoms with Crippen LogP contribution in [0.1, 0.15) is 25.0 Å². The molecule has 11 aromatic carbocycles. The fourth-order valence-electron chi connectivity index (χ4n) is 10.9. The van der Waals surface area contributed by atoms with Gasteiger partial charge in [0.25, 0.3) is 0 Å². The Morgan fingerprint density at radius 3 is 1.54 bits per heavy atom. The highest BCUT2D eigenvalue weighted by molar-refractivity contribution is 7.27. The standard InChI is InChI=1S/C65H46N2S/c1-65(2)59-39-44(31-35-53(59)54-37-33-50(42-60(54)65)66(46-21-9-4-10-22-46)47-23-11-5-12-24-47)45-32-36-57-62(40-45)68-64-56-38-34-49(41-58(56)52-28-15-16-29-55(52)63(57)64)67(48-25-13-6-14-26-48)61-30-18-17-27-51(61)43-19-7-3-8-20-43/h3-42H,1-2H3. The third kappa shape index (κ3) is 6.46. The Labute approximate surface area is 401 Å². The molecule has 0 unspecified atom stereocenters. The van der Waals surface area contributed by atoms with Gasteiger partial charge in [-0.1, -0.05) is 178 Å². The van der Waals surface area contributed by atoms with Crippen molar-refractivity contribution in [2.24, 2.45) is 0 Å². The largest absolute Gasteiger partial charge is 0.310 e.